The van der Waals surface area contributed by atoms with Gasteiger partial charge in [0.15, 0.2) is 0 Å². The van der Waals surface area contributed by atoms with Crippen molar-refractivity contribution in [2.45, 2.75) is 13.8 Å². The Morgan fingerprint density at radius 3 is 2.81 bits per heavy atom. The highest BCUT2D eigenvalue weighted by atomic mass is 16.1. The van der Waals surface area contributed by atoms with Crippen molar-refractivity contribution in [2.24, 2.45) is 5.92 Å². The van der Waals surface area contributed by atoms with Crippen LogP contribution in [0.15, 0.2) is 24.3 Å². The fourth-order valence-electron chi connectivity index (χ4n) is 1.23. The number of rotatable bonds is 4. The third-order valence-electron chi connectivity index (χ3n) is 2.02. The van der Waals surface area contributed by atoms with Gasteiger partial charge < -0.3 is 10.6 Å². The molecule has 84 valence electrons. The minimum atomic E-state index is -0.0949. The first-order valence-electron chi connectivity index (χ1n) is 5.13. The van der Waals surface area contributed by atoms with Crippen LogP contribution in [0.2, 0.25) is 0 Å². The minimum absolute atomic E-state index is 0.0376. The fourth-order valence-corrected chi connectivity index (χ4v) is 1.23. The van der Waals surface area contributed by atoms with Crippen LogP contribution in [0.3, 0.4) is 0 Å². The van der Waals surface area contributed by atoms with Crippen molar-refractivity contribution in [1.82, 2.24) is 0 Å². The number of carbonyl (C=O) groups is 1. The quantitative estimate of drug-likeness (QED) is 0.812. The lowest BCUT2D eigenvalue weighted by molar-refractivity contribution is -0.114. The normalized spacial score (nSPS) is 11.3. The molecule has 1 rings (SSSR count). The van der Waals surface area contributed by atoms with Crippen LogP contribution in [0.4, 0.5) is 11.4 Å². The molecule has 0 radical (unpaired) electrons. The summed E-state index contributed by atoms with van der Waals surface area (Å²) < 4.78 is 0. The van der Waals surface area contributed by atoms with E-state index in [0.717, 1.165) is 11.4 Å². The zero-order chi connectivity index (χ0) is 12.0. The van der Waals surface area contributed by atoms with E-state index in [1.807, 2.05) is 31.2 Å². The zero-order valence-electron chi connectivity index (χ0n) is 9.45. The molecule has 0 aliphatic heterocycles. The van der Waals surface area contributed by atoms with E-state index in [1.54, 1.807) is 0 Å². The highest BCUT2D eigenvalue weighted by Crippen LogP contribution is 2.15. The van der Waals surface area contributed by atoms with Gasteiger partial charge in [0.05, 0.1) is 12.0 Å². The second-order valence-electron chi connectivity index (χ2n) is 3.67. The zero-order valence-corrected chi connectivity index (χ0v) is 9.45. The molecule has 0 heterocycles. The van der Waals surface area contributed by atoms with Gasteiger partial charge in [-0.1, -0.05) is 6.07 Å². The molecule has 0 fully saturated rings. The van der Waals surface area contributed by atoms with Crippen LogP contribution < -0.4 is 10.6 Å². The lowest BCUT2D eigenvalue weighted by Crippen LogP contribution is -2.10. The molecule has 1 unspecified atom stereocenters. The Balaban J connectivity index is 2.61. The van der Waals surface area contributed by atoms with Crippen molar-refractivity contribution in [3.8, 4) is 6.07 Å². The first-order chi connectivity index (χ1) is 7.61. The van der Waals surface area contributed by atoms with Crippen LogP contribution in [0.5, 0.6) is 0 Å². The van der Waals surface area contributed by atoms with E-state index < -0.39 is 0 Å². The third kappa shape index (κ3) is 4.01. The first kappa shape index (κ1) is 12.1. The maximum atomic E-state index is 10.9. The largest absolute Gasteiger partial charge is 0.384 e. The fraction of sp³-hybridized carbons (Fsp3) is 0.333. The Bertz CT molecular complexity index is 409. The maximum absolute atomic E-state index is 10.9. The first-order valence-corrected chi connectivity index (χ1v) is 5.13. The monoisotopic (exact) mass is 217 g/mol. The van der Waals surface area contributed by atoms with Gasteiger partial charge >= 0.3 is 0 Å². The van der Waals surface area contributed by atoms with Crippen LogP contribution in [0.25, 0.3) is 0 Å². The average molecular weight is 217 g/mol. The number of nitrogens with one attached hydrogen (secondary N) is 2. The van der Waals surface area contributed by atoms with Gasteiger partial charge in [-0.2, -0.15) is 5.26 Å². The summed E-state index contributed by atoms with van der Waals surface area (Å²) in [6.07, 6.45) is 0. The van der Waals surface area contributed by atoms with Crippen molar-refractivity contribution >= 4 is 17.3 Å². The molecular formula is C12H15N3O. The van der Waals surface area contributed by atoms with Crippen LogP contribution in [0.1, 0.15) is 13.8 Å². The molecule has 0 saturated carbocycles. The Morgan fingerprint density at radius 2 is 2.19 bits per heavy atom. The van der Waals surface area contributed by atoms with Crippen molar-refractivity contribution < 1.29 is 4.79 Å². The standard InChI is InChI=1S/C12H15N3O/c1-9(7-13)8-14-11-4-3-5-12(6-11)15-10(2)16/h3-6,9,14H,8H2,1-2H3,(H,15,16). The van der Waals surface area contributed by atoms with Gasteiger partial charge in [-0.3, -0.25) is 4.79 Å². The van der Waals surface area contributed by atoms with E-state index in [0.29, 0.717) is 6.54 Å². The SMILES string of the molecule is CC(=O)Nc1cccc(NCC(C)C#N)c1. The number of nitriles is 1. The Labute approximate surface area is 95.3 Å². The van der Waals surface area contributed by atoms with Gasteiger partial charge in [0, 0.05) is 24.8 Å². The van der Waals surface area contributed by atoms with E-state index in [2.05, 4.69) is 16.7 Å². The molecule has 4 heteroatoms. The number of hydrogen-bond donors (Lipinski definition) is 2. The number of benzene rings is 1. The van der Waals surface area contributed by atoms with Crippen LogP contribution in [0, 0.1) is 17.2 Å². The van der Waals surface area contributed by atoms with Crippen molar-refractivity contribution in [3.63, 3.8) is 0 Å². The molecule has 0 bridgehead atoms. The predicted molar refractivity (Wildman–Crippen MR) is 64.0 cm³/mol. The summed E-state index contributed by atoms with van der Waals surface area (Å²) in [7, 11) is 0. The molecule has 0 spiro atoms. The summed E-state index contributed by atoms with van der Waals surface area (Å²) >= 11 is 0. The van der Waals surface area contributed by atoms with E-state index in [4.69, 9.17) is 5.26 Å². The second kappa shape index (κ2) is 5.76. The maximum Gasteiger partial charge on any atom is 0.221 e. The lowest BCUT2D eigenvalue weighted by Gasteiger charge is -2.09. The number of hydrogen-bond acceptors (Lipinski definition) is 3. The molecule has 2 N–H and O–H groups in total. The smallest absolute Gasteiger partial charge is 0.221 e. The average Bonchev–Trinajstić information content (AvgIpc) is 2.25. The Kier molecular flexibility index (Phi) is 4.34. The molecule has 0 aliphatic rings. The molecule has 4 nitrogen and oxygen atoms in total. The number of amides is 1. The van der Waals surface area contributed by atoms with Gasteiger partial charge in [-0.05, 0) is 25.1 Å². The highest BCUT2D eigenvalue weighted by molar-refractivity contribution is 5.89. The molecule has 1 aromatic carbocycles. The molecule has 0 aliphatic carbocycles. The molecule has 0 aromatic heterocycles. The predicted octanol–water partition coefficient (Wildman–Crippen LogP) is 2.22. The summed E-state index contributed by atoms with van der Waals surface area (Å²) in [5, 5.41) is 14.5. The lowest BCUT2D eigenvalue weighted by atomic mass is 10.2. The van der Waals surface area contributed by atoms with Gasteiger partial charge in [-0.15, -0.1) is 0 Å². The topological polar surface area (TPSA) is 64.9 Å². The van der Waals surface area contributed by atoms with Crippen LogP contribution >= 0.6 is 0 Å². The molecule has 16 heavy (non-hydrogen) atoms. The summed E-state index contributed by atoms with van der Waals surface area (Å²) in [6, 6.07) is 9.56. The highest BCUT2D eigenvalue weighted by Gasteiger charge is 2.00. The van der Waals surface area contributed by atoms with E-state index >= 15 is 0 Å². The van der Waals surface area contributed by atoms with Gasteiger partial charge in [0.25, 0.3) is 0 Å². The molecule has 1 amide bonds. The minimum Gasteiger partial charge on any atom is -0.384 e. The molecule has 1 atom stereocenters. The Hall–Kier alpha value is -2.02. The van der Waals surface area contributed by atoms with E-state index in [1.165, 1.54) is 6.92 Å². The summed E-state index contributed by atoms with van der Waals surface area (Å²) in [6.45, 7) is 3.92. The number of anilines is 2. The second-order valence-corrected chi connectivity index (χ2v) is 3.67. The van der Waals surface area contributed by atoms with Crippen molar-refractivity contribution in [3.05, 3.63) is 24.3 Å². The van der Waals surface area contributed by atoms with Crippen LogP contribution in [-0.2, 0) is 4.79 Å². The summed E-state index contributed by atoms with van der Waals surface area (Å²) in [5.74, 6) is -0.132. The van der Waals surface area contributed by atoms with Crippen LogP contribution in [-0.4, -0.2) is 12.5 Å². The van der Waals surface area contributed by atoms with Gasteiger partial charge in [0.2, 0.25) is 5.91 Å². The Morgan fingerprint density at radius 1 is 1.50 bits per heavy atom. The number of nitrogens with zero attached hydrogens (tertiary/aromatic N) is 1. The van der Waals surface area contributed by atoms with Gasteiger partial charge in [0.1, 0.15) is 0 Å². The van der Waals surface area contributed by atoms with E-state index in [-0.39, 0.29) is 11.8 Å². The third-order valence-corrected chi connectivity index (χ3v) is 2.02. The summed E-state index contributed by atoms with van der Waals surface area (Å²) in [5.41, 5.74) is 1.65. The molecular weight excluding hydrogens is 202 g/mol. The molecule has 1 aromatic rings. The number of carbonyl (C=O) groups excluding carboxylic acids is 1. The molecule has 0 saturated heterocycles. The van der Waals surface area contributed by atoms with Gasteiger partial charge in [-0.25, -0.2) is 0 Å². The van der Waals surface area contributed by atoms with Crippen molar-refractivity contribution in [1.29, 1.82) is 5.26 Å². The van der Waals surface area contributed by atoms with E-state index in [9.17, 15) is 4.79 Å². The summed E-state index contributed by atoms with van der Waals surface area (Å²) in [4.78, 5) is 10.9. The van der Waals surface area contributed by atoms with Crippen molar-refractivity contribution in [2.75, 3.05) is 17.2 Å².